The smallest absolute Gasteiger partial charge is 0.315 e. The third kappa shape index (κ3) is 12.1. The van der Waals surface area contributed by atoms with Gasteiger partial charge in [-0.15, -0.1) is 12.8 Å². The van der Waals surface area contributed by atoms with Gasteiger partial charge in [0, 0.05) is 13.1 Å². The van der Waals surface area contributed by atoms with Crippen LogP contribution in [-0.2, 0) is 0 Å². The Morgan fingerprint density at radius 2 is 1.10 bits per heavy atom. The summed E-state index contributed by atoms with van der Waals surface area (Å²) in [5.74, 6) is 4.65. The molecule has 0 aromatic heterocycles. The van der Waals surface area contributed by atoms with E-state index in [-0.39, 0.29) is 25.2 Å². The Bertz CT molecular complexity index is 332. The molecule has 20 heavy (non-hydrogen) atoms. The molecule has 0 spiro atoms. The standard InChI is InChI=1S/C14H22N4O2/c1-3-9-15-13(19)17-11-7-5-6-8-12-18-14(20)16-10-4-2/h1-2H,5-12H2,(H2,15,17,19)(H2,16,18,20). The van der Waals surface area contributed by atoms with E-state index in [4.69, 9.17) is 12.8 Å². The van der Waals surface area contributed by atoms with E-state index >= 15 is 0 Å². The van der Waals surface area contributed by atoms with Gasteiger partial charge in [-0.1, -0.05) is 24.7 Å². The molecule has 6 heteroatoms. The molecule has 0 rings (SSSR count). The zero-order chi connectivity index (χ0) is 15.1. The molecule has 4 amide bonds. The molecular formula is C14H22N4O2. The second-order valence-electron chi connectivity index (χ2n) is 4.04. The lowest BCUT2D eigenvalue weighted by Gasteiger charge is -2.06. The van der Waals surface area contributed by atoms with Crippen LogP contribution < -0.4 is 21.3 Å². The maximum absolute atomic E-state index is 11.1. The number of rotatable bonds is 9. The molecular weight excluding hydrogens is 256 g/mol. The normalized spacial score (nSPS) is 8.90. The highest BCUT2D eigenvalue weighted by molar-refractivity contribution is 5.74. The zero-order valence-electron chi connectivity index (χ0n) is 11.6. The van der Waals surface area contributed by atoms with E-state index < -0.39 is 0 Å². The maximum Gasteiger partial charge on any atom is 0.315 e. The summed E-state index contributed by atoms with van der Waals surface area (Å²) in [7, 11) is 0. The van der Waals surface area contributed by atoms with Crippen LogP contribution >= 0.6 is 0 Å². The number of hydrogen-bond acceptors (Lipinski definition) is 2. The van der Waals surface area contributed by atoms with E-state index in [1.54, 1.807) is 0 Å². The summed E-state index contributed by atoms with van der Waals surface area (Å²) in [5.41, 5.74) is 0. The first-order chi connectivity index (χ1) is 9.70. The molecule has 0 fully saturated rings. The SMILES string of the molecule is C#CCNC(=O)NCCCCCCNC(=O)NCC#C. The largest absolute Gasteiger partial charge is 0.338 e. The van der Waals surface area contributed by atoms with Gasteiger partial charge in [0.15, 0.2) is 0 Å². The Morgan fingerprint density at radius 1 is 0.700 bits per heavy atom. The van der Waals surface area contributed by atoms with E-state index in [0.29, 0.717) is 13.1 Å². The summed E-state index contributed by atoms with van der Waals surface area (Å²) < 4.78 is 0. The minimum Gasteiger partial charge on any atom is -0.338 e. The fraction of sp³-hybridized carbons (Fsp3) is 0.571. The van der Waals surface area contributed by atoms with E-state index in [2.05, 4.69) is 33.1 Å². The molecule has 0 aliphatic carbocycles. The summed E-state index contributed by atoms with van der Waals surface area (Å²) in [5, 5.41) is 10.4. The lowest BCUT2D eigenvalue weighted by molar-refractivity contribution is 0.240. The van der Waals surface area contributed by atoms with Crippen LogP contribution in [0.5, 0.6) is 0 Å². The van der Waals surface area contributed by atoms with Gasteiger partial charge in [0.25, 0.3) is 0 Å². The topological polar surface area (TPSA) is 82.3 Å². The van der Waals surface area contributed by atoms with Crippen molar-refractivity contribution in [3.05, 3.63) is 0 Å². The Kier molecular flexibility index (Phi) is 11.6. The quantitative estimate of drug-likeness (QED) is 0.364. The Hall–Kier alpha value is -2.34. The summed E-state index contributed by atoms with van der Waals surface area (Å²) in [6.45, 7) is 1.71. The molecule has 0 aliphatic rings. The average Bonchev–Trinajstić information content (AvgIpc) is 2.45. The van der Waals surface area contributed by atoms with Gasteiger partial charge in [-0.2, -0.15) is 0 Å². The first-order valence-corrected chi connectivity index (χ1v) is 6.61. The second-order valence-corrected chi connectivity index (χ2v) is 4.04. The number of urea groups is 2. The number of terminal acetylenes is 2. The van der Waals surface area contributed by atoms with Crippen LogP contribution in [0.2, 0.25) is 0 Å². The summed E-state index contributed by atoms with van der Waals surface area (Å²) in [4.78, 5) is 22.2. The Balaban J connectivity index is 3.25. The molecule has 0 unspecified atom stereocenters. The van der Waals surface area contributed by atoms with Crippen LogP contribution in [0.15, 0.2) is 0 Å². The third-order valence-corrected chi connectivity index (χ3v) is 2.38. The van der Waals surface area contributed by atoms with Crippen molar-refractivity contribution in [1.29, 1.82) is 0 Å². The molecule has 0 saturated carbocycles. The van der Waals surface area contributed by atoms with Gasteiger partial charge in [-0.05, 0) is 12.8 Å². The Morgan fingerprint density at radius 3 is 1.45 bits per heavy atom. The predicted octanol–water partition coefficient (Wildman–Crippen LogP) is 0.412. The molecule has 0 atom stereocenters. The van der Waals surface area contributed by atoms with Crippen LogP contribution in [0.1, 0.15) is 25.7 Å². The van der Waals surface area contributed by atoms with Crippen LogP contribution in [0.25, 0.3) is 0 Å². The predicted molar refractivity (Wildman–Crippen MR) is 78.9 cm³/mol. The monoisotopic (exact) mass is 278 g/mol. The number of hydrogen-bond donors (Lipinski definition) is 4. The molecule has 0 radical (unpaired) electrons. The highest BCUT2D eigenvalue weighted by Crippen LogP contribution is 1.97. The molecule has 0 aromatic rings. The summed E-state index contributed by atoms with van der Waals surface area (Å²) in [6, 6.07) is -0.482. The molecule has 0 aromatic carbocycles. The van der Waals surface area contributed by atoms with Crippen molar-refractivity contribution in [3.8, 4) is 24.7 Å². The fourth-order valence-electron chi connectivity index (χ4n) is 1.40. The van der Waals surface area contributed by atoms with E-state index in [1.165, 1.54) is 0 Å². The minimum atomic E-state index is -0.241. The van der Waals surface area contributed by atoms with Crippen molar-refractivity contribution >= 4 is 12.1 Å². The van der Waals surface area contributed by atoms with Crippen LogP contribution in [-0.4, -0.2) is 38.2 Å². The Labute approximate surface area is 120 Å². The third-order valence-electron chi connectivity index (χ3n) is 2.38. The van der Waals surface area contributed by atoms with Gasteiger partial charge in [-0.25, -0.2) is 9.59 Å². The van der Waals surface area contributed by atoms with Gasteiger partial charge in [0.1, 0.15) is 0 Å². The van der Waals surface area contributed by atoms with E-state index in [1.807, 2.05) is 0 Å². The van der Waals surface area contributed by atoms with Gasteiger partial charge in [0.05, 0.1) is 13.1 Å². The molecule has 6 nitrogen and oxygen atoms in total. The van der Waals surface area contributed by atoms with Gasteiger partial charge < -0.3 is 21.3 Å². The summed E-state index contributed by atoms with van der Waals surface area (Å²) in [6.07, 6.45) is 13.8. The lowest BCUT2D eigenvalue weighted by atomic mass is 10.2. The second kappa shape index (κ2) is 13.1. The molecule has 0 aliphatic heterocycles. The minimum absolute atomic E-state index is 0.235. The number of unbranched alkanes of at least 4 members (excludes halogenated alkanes) is 3. The van der Waals surface area contributed by atoms with E-state index in [0.717, 1.165) is 25.7 Å². The highest BCUT2D eigenvalue weighted by Gasteiger charge is 1.98. The number of carbonyl (C=O) groups excluding carboxylic acids is 2. The van der Waals surface area contributed by atoms with Gasteiger partial charge in [0.2, 0.25) is 0 Å². The fourth-order valence-corrected chi connectivity index (χ4v) is 1.40. The van der Waals surface area contributed by atoms with Crippen molar-refractivity contribution in [2.45, 2.75) is 25.7 Å². The number of amides is 4. The van der Waals surface area contributed by atoms with Crippen molar-refractivity contribution in [2.24, 2.45) is 0 Å². The van der Waals surface area contributed by atoms with Crippen molar-refractivity contribution in [1.82, 2.24) is 21.3 Å². The number of nitrogens with one attached hydrogen (secondary N) is 4. The van der Waals surface area contributed by atoms with E-state index in [9.17, 15) is 9.59 Å². The van der Waals surface area contributed by atoms with Crippen molar-refractivity contribution in [3.63, 3.8) is 0 Å². The van der Waals surface area contributed by atoms with Crippen molar-refractivity contribution < 1.29 is 9.59 Å². The van der Waals surface area contributed by atoms with Gasteiger partial charge in [-0.3, -0.25) is 0 Å². The molecule has 0 heterocycles. The highest BCUT2D eigenvalue weighted by atomic mass is 16.2. The summed E-state index contributed by atoms with van der Waals surface area (Å²) >= 11 is 0. The van der Waals surface area contributed by atoms with Crippen LogP contribution in [0, 0.1) is 24.7 Å². The van der Waals surface area contributed by atoms with Crippen molar-refractivity contribution in [2.75, 3.05) is 26.2 Å². The maximum atomic E-state index is 11.1. The van der Waals surface area contributed by atoms with Crippen LogP contribution in [0.3, 0.4) is 0 Å². The molecule has 0 saturated heterocycles. The number of carbonyl (C=O) groups is 2. The van der Waals surface area contributed by atoms with Crippen LogP contribution in [0.4, 0.5) is 9.59 Å². The molecule has 4 N–H and O–H groups in total. The first kappa shape index (κ1) is 17.7. The molecule has 110 valence electrons. The molecule has 0 bridgehead atoms. The first-order valence-electron chi connectivity index (χ1n) is 6.61. The zero-order valence-corrected chi connectivity index (χ0v) is 11.6. The van der Waals surface area contributed by atoms with Gasteiger partial charge >= 0.3 is 12.1 Å². The lowest BCUT2D eigenvalue weighted by Crippen LogP contribution is -2.36. The average molecular weight is 278 g/mol.